The van der Waals surface area contributed by atoms with Crippen molar-refractivity contribution in [2.24, 2.45) is 0 Å². The number of benzene rings is 1. The number of rotatable bonds is 6. The van der Waals surface area contributed by atoms with Crippen LogP contribution in [0.25, 0.3) is 0 Å². The lowest BCUT2D eigenvalue weighted by atomic mass is 10.2. The molecule has 3 nitrogen and oxygen atoms in total. The fourth-order valence-corrected chi connectivity index (χ4v) is 2.05. The summed E-state index contributed by atoms with van der Waals surface area (Å²) in [5.74, 6) is 1.26. The van der Waals surface area contributed by atoms with Crippen LogP contribution < -0.4 is 10.1 Å². The van der Waals surface area contributed by atoms with Crippen molar-refractivity contribution in [3.05, 3.63) is 53.2 Å². The van der Waals surface area contributed by atoms with E-state index in [2.05, 4.69) is 5.32 Å². The molecule has 0 radical (unpaired) electrons. The first kappa shape index (κ1) is 13.2. The number of halogens is 1. The highest BCUT2D eigenvalue weighted by molar-refractivity contribution is 5.29. The van der Waals surface area contributed by atoms with Gasteiger partial charge >= 0.3 is 0 Å². The molecule has 1 saturated carbocycles. The van der Waals surface area contributed by atoms with Crippen LogP contribution in [0.5, 0.6) is 5.75 Å². The Bertz CT molecular complexity index is 590. The molecule has 3 rings (SSSR count). The Morgan fingerprint density at radius 2 is 2.20 bits per heavy atom. The van der Waals surface area contributed by atoms with Gasteiger partial charge in [0.15, 0.2) is 0 Å². The largest absolute Gasteiger partial charge is 0.486 e. The molecule has 1 aromatic heterocycles. The molecule has 1 aliphatic rings. The maximum absolute atomic E-state index is 13.2. The maximum Gasteiger partial charge on any atom is 0.146 e. The maximum atomic E-state index is 13.2. The van der Waals surface area contributed by atoms with E-state index >= 15 is 0 Å². The van der Waals surface area contributed by atoms with Crippen LogP contribution in [0, 0.1) is 12.7 Å². The van der Waals surface area contributed by atoms with Crippen molar-refractivity contribution in [3.8, 4) is 5.75 Å². The minimum Gasteiger partial charge on any atom is -0.486 e. The number of hydrogen-bond donors (Lipinski definition) is 1. The fourth-order valence-electron chi connectivity index (χ4n) is 2.05. The monoisotopic (exact) mass is 275 g/mol. The van der Waals surface area contributed by atoms with Crippen LogP contribution in [0.1, 0.15) is 29.7 Å². The van der Waals surface area contributed by atoms with Crippen LogP contribution >= 0.6 is 0 Å². The zero-order valence-corrected chi connectivity index (χ0v) is 11.5. The summed E-state index contributed by atoms with van der Waals surface area (Å²) in [5, 5.41) is 3.45. The number of furan rings is 1. The minimum absolute atomic E-state index is 0.218. The Labute approximate surface area is 117 Å². The zero-order valence-electron chi connectivity index (χ0n) is 11.5. The van der Waals surface area contributed by atoms with E-state index in [0.29, 0.717) is 24.0 Å². The molecule has 0 unspecified atom stereocenters. The van der Waals surface area contributed by atoms with Gasteiger partial charge in [0.25, 0.3) is 0 Å². The van der Waals surface area contributed by atoms with Gasteiger partial charge in [-0.15, -0.1) is 0 Å². The Hall–Kier alpha value is -1.81. The predicted octanol–water partition coefficient (Wildman–Crippen LogP) is 3.56. The van der Waals surface area contributed by atoms with Crippen molar-refractivity contribution in [3.63, 3.8) is 0 Å². The second-order valence-corrected chi connectivity index (χ2v) is 5.22. The molecule has 0 spiro atoms. The summed E-state index contributed by atoms with van der Waals surface area (Å²) >= 11 is 0. The summed E-state index contributed by atoms with van der Waals surface area (Å²) in [4.78, 5) is 0. The van der Waals surface area contributed by atoms with Crippen LogP contribution in [-0.2, 0) is 13.2 Å². The van der Waals surface area contributed by atoms with Gasteiger partial charge in [-0.25, -0.2) is 4.39 Å². The van der Waals surface area contributed by atoms with E-state index in [-0.39, 0.29) is 5.82 Å². The Kier molecular flexibility index (Phi) is 3.74. The van der Waals surface area contributed by atoms with E-state index in [9.17, 15) is 4.39 Å². The summed E-state index contributed by atoms with van der Waals surface area (Å²) < 4.78 is 24.3. The van der Waals surface area contributed by atoms with Gasteiger partial charge in [-0.1, -0.05) is 0 Å². The second-order valence-electron chi connectivity index (χ2n) is 5.22. The van der Waals surface area contributed by atoms with Crippen molar-refractivity contribution in [2.75, 3.05) is 0 Å². The van der Waals surface area contributed by atoms with E-state index in [4.69, 9.17) is 9.15 Å². The predicted molar refractivity (Wildman–Crippen MR) is 74.0 cm³/mol. The van der Waals surface area contributed by atoms with Gasteiger partial charge in [0, 0.05) is 18.2 Å². The molecule has 1 fully saturated rings. The number of ether oxygens (including phenoxy) is 1. The Morgan fingerprint density at radius 3 is 2.95 bits per heavy atom. The molecule has 1 aromatic carbocycles. The molecular formula is C16H18FNO2. The molecule has 0 aliphatic heterocycles. The van der Waals surface area contributed by atoms with Crippen LogP contribution in [-0.4, -0.2) is 6.04 Å². The third-order valence-electron chi connectivity index (χ3n) is 3.50. The normalized spacial score (nSPS) is 14.5. The lowest BCUT2D eigenvalue weighted by Crippen LogP contribution is -2.16. The highest BCUT2D eigenvalue weighted by atomic mass is 19.1. The average Bonchev–Trinajstić information content (AvgIpc) is 3.16. The van der Waals surface area contributed by atoms with Gasteiger partial charge in [0.05, 0.1) is 6.26 Å². The number of aryl methyl sites for hydroxylation is 1. The van der Waals surface area contributed by atoms with Crippen molar-refractivity contribution in [1.82, 2.24) is 5.32 Å². The summed E-state index contributed by atoms with van der Waals surface area (Å²) in [6.07, 6.45) is 4.20. The van der Waals surface area contributed by atoms with Gasteiger partial charge < -0.3 is 14.5 Å². The molecule has 1 N–H and O–H groups in total. The molecule has 1 heterocycles. The summed E-state index contributed by atoms with van der Waals surface area (Å²) in [7, 11) is 0. The average molecular weight is 275 g/mol. The molecule has 0 amide bonds. The smallest absolute Gasteiger partial charge is 0.146 e. The SMILES string of the molecule is Cc1cc(OCc2occc2CNC2CC2)ccc1F. The Balaban J connectivity index is 1.59. The van der Waals surface area contributed by atoms with Crippen LogP contribution in [0.2, 0.25) is 0 Å². The molecular weight excluding hydrogens is 257 g/mol. The standard InChI is InChI=1S/C16H18FNO2/c1-11-8-14(4-5-15(11)17)20-10-16-12(6-7-19-16)9-18-13-2-3-13/h4-8,13,18H,2-3,9-10H2,1H3. The molecule has 20 heavy (non-hydrogen) atoms. The summed E-state index contributed by atoms with van der Waals surface area (Å²) in [5.41, 5.74) is 1.70. The first-order chi connectivity index (χ1) is 9.72. The third-order valence-corrected chi connectivity index (χ3v) is 3.50. The quantitative estimate of drug-likeness (QED) is 0.875. The molecule has 106 valence electrons. The number of nitrogens with one attached hydrogen (secondary N) is 1. The highest BCUT2D eigenvalue weighted by Gasteiger charge is 2.21. The fraction of sp³-hybridized carbons (Fsp3) is 0.375. The van der Waals surface area contributed by atoms with Gasteiger partial charge in [0.1, 0.15) is 23.9 Å². The summed E-state index contributed by atoms with van der Waals surface area (Å²) in [6, 6.07) is 7.37. The van der Waals surface area contributed by atoms with Gasteiger partial charge in [-0.3, -0.25) is 0 Å². The van der Waals surface area contributed by atoms with Crippen molar-refractivity contribution in [1.29, 1.82) is 0 Å². The molecule has 1 aliphatic carbocycles. The molecule has 2 aromatic rings. The molecule has 0 saturated heterocycles. The summed E-state index contributed by atoms with van der Waals surface area (Å²) in [6.45, 7) is 2.89. The van der Waals surface area contributed by atoms with Crippen LogP contribution in [0.3, 0.4) is 0 Å². The topological polar surface area (TPSA) is 34.4 Å². The van der Waals surface area contributed by atoms with Crippen LogP contribution in [0.4, 0.5) is 4.39 Å². The van der Waals surface area contributed by atoms with E-state index in [0.717, 1.165) is 17.9 Å². The van der Waals surface area contributed by atoms with E-state index in [1.807, 2.05) is 6.07 Å². The number of hydrogen-bond acceptors (Lipinski definition) is 3. The lowest BCUT2D eigenvalue weighted by Gasteiger charge is -2.08. The van der Waals surface area contributed by atoms with E-state index < -0.39 is 0 Å². The first-order valence-electron chi connectivity index (χ1n) is 6.90. The molecule has 0 bridgehead atoms. The lowest BCUT2D eigenvalue weighted by molar-refractivity contribution is 0.267. The van der Waals surface area contributed by atoms with Crippen molar-refractivity contribution >= 4 is 0 Å². The molecule has 0 atom stereocenters. The first-order valence-corrected chi connectivity index (χ1v) is 6.90. The van der Waals surface area contributed by atoms with Crippen molar-refractivity contribution < 1.29 is 13.5 Å². The minimum atomic E-state index is -0.218. The second kappa shape index (κ2) is 5.67. The van der Waals surface area contributed by atoms with E-state index in [1.54, 1.807) is 25.3 Å². The Morgan fingerprint density at radius 1 is 1.35 bits per heavy atom. The van der Waals surface area contributed by atoms with Gasteiger partial charge in [-0.05, 0) is 49.6 Å². The van der Waals surface area contributed by atoms with Crippen LogP contribution in [0.15, 0.2) is 34.9 Å². The molecule has 4 heteroatoms. The van der Waals surface area contributed by atoms with Gasteiger partial charge in [-0.2, -0.15) is 0 Å². The van der Waals surface area contributed by atoms with Gasteiger partial charge in [0.2, 0.25) is 0 Å². The zero-order chi connectivity index (χ0) is 13.9. The third kappa shape index (κ3) is 3.20. The highest BCUT2D eigenvalue weighted by Crippen LogP contribution is 2.22. The van der Waals surface area contributed by atoms with Crippen molar-refractivity contribution in [2.45, 2.75) is 39.0 Å². The van der Waals surface area contributed by atoms with E-state index in [1.165, 1.54) is 18.9 Å².